The van der Waals surface area contributed by atoms with E-state index in [9.17, 15) is 0 Å². The van der Waals surface area contributed by atoms with Gasteiger partial charge in [0.05, 0.1) is 5.52 Å². The van der Waals surface area contributed by atoms with Crippen molar-refractivity contribution in [2.45, 2.75) is 10.1 Å². The summed E-state index contributed by atoms with van der Waals surface area (Å²) < 4.78 is 1.97. The van der Waals surface area contributed by atoms with Crippen LogP contribution in [-0.2, 0) is 0 Å². The Labute approximate surface area is 142 Å². The van der Waals surface area contributed by atoms with Gasteiger partial charge in [-0.2, -0.15) is 0 Å². The number of hydrogen-bond donors (Lipinski definition) is 0. The second kappa shape index (κ2) is 6.02. The van der Waals surface area contributed by atoms with Crippen molar-refractivity contribution in [2.75, 3.05) is 0 Å². The zero-order chi connectivity index (χ0) is 15.6. The summed E-state index contributed by atoms with van der Waals surface area (Å²) in [5.41, 5.74) is 1.90. The van der Waals surface area contributed by atoms with Crippen LogP contribution in [0.1, 0.15) is 0 Å². The number of hydrogen-bond acceptors (Lipinski definition) is 4. The fraction of sp³-hybridized carbons (Fsp3) is 0. The molecule has 4 aromatic rings. The Morgan fingerprint density at radius 3 is 2.74 bits per heavy atom. The Kier molecular flexibility index (Phi) is 3.73. The third kappa shape index (κ3) is 2.81. The minimum absolute atomic E-state index is 0.680. The highest BCUT2D eigenvalue weighted by Crippen LogP contribution is 2.33. The van der Waals surface area contributed by atoms with Crippen molar-refractivity contribution in [3.05, 3.63) is 72.1 Å². The summed E-state index contributed by atoms with van der Waals surface area (Å²) in [6.45, 7) is 0. The van der Waals surface area contributed by atoms with Crippen LogP contribution >= 0.6 is 23.4 Å². The Hall–Kier alpha value is -2.37. The lowest BCUT2D eigenvalue weighted by Crippen LogP contribution is -1.94. The highest BCUT2D eigenvalue weighted by molar-refractivity contribution is 7.99. The maximum absolute atomic E-state index is 6.05. The monoisotopic (exact) mass is 338 g/mol. The second-order valence-electron chi connectivity index (χ2n) is 4.89. The summed E-state index contributed by atoms with van der Waals surface area (Å²) in [6.07, 6.45) is 3.50. The van der Waals surface area contributed by atoms with Gasteiger partial charge in [-0.25, -0.2) is 0 Å². The van der Waals surface area contributed by atoms with Crippen LogP contribution in [0.3, 0.4) is 0 Å². The quantitative estimate of drug-likeness (QED) is 0.546. The molecule has 0 fully saturated rings. The molecular weight excluding hydrogens is 328 g/mol. The fourth-order valence-electron chi connectivity index (χ4n) is 2.34. The van der Waals surface area contributed by atoms with Crippen LogP contribution < -0.4 is 0 Å². The zero-order valence-corrected chi connectivity index (χ0v) is 13.5. The molecule has 23 heavy (non-hydrogen) atoms. The van der Waals surface area contributed by atoms with Crippen molar-refractivity contribution >= 4 is 34.3 Å². The molecule has 0 aliphatic heterocycles. The Bertz CT molecular complexity index is 969. The lowest BCUT2D eigenvalue weighted by molar-refractivity contribution is 0.884. The Morgan fingerprint density at radius 1 is 1.00 bits per heavy atom. The first-order valence-electron chi connectivity index (χ1n) is 6.99. The molecule has 0 saturated heterocycles. The molecule has 0 saturated carbocycles. The van der Waals surface area contributed by atoms with Crippen LogP contribution in [0.2, 0.25) is 5.02 Å². The minimum atomic E-state index is 0.680. The van der Waals surface area contributed by atoms with Crippen molar-refractivity contribution in [2.24, 2.45) is 0 Å². The summed E-state index contributed by atoms with van der Waals surface area (Å²) >= 11 is 7.60. The zero-order valence-electron chi connectivity index (χ0n) is 11.9. The molecule has 0 aliphatic rings. The van der Waals surface area contributed by atoms with Gasteiger partial charge in [0, 0.05) is 27.2 Å². The summed E-state index contributed by atoms with van der Waals surface area (Å²) in [7, 11) is 0. The first-order chi connectivity index (χ1) is 11.3. The molecule has 2 heterocycles. The third-order valence-electron chi connectivity index (χ3n) is 3.42. The topological polar surface area (TPSA) is 43.6 Å². The van der Waals surface area contributed by atoms with Gasteiger partial charge in [-0.05, 0) is 42.1 Å². The Morgan fingerprint density at radius 2 is 1.87 bits per heavy atom. The predicted molar refractivity (Wildman–Crippen MR) is 92.2 cm³/mol. The first kappa shape index (κ1) is 14.2. The molecule has 4 rings (SSSR count). The van der Waals surface area contributed by atoms with Crippen molar-refractivity contribution in [3.8, 4) is 5.69 Å². The van der Waals surface area contributed by atoms with Crippen molar-refractivity contribution in [1.82, 2.24) is 19.7 Å². The van der Waals surface area contributed by atoms with Gasteiger partial charge in [-0.1, -0.05) is 35.9 Å². The maximum atomic E-state index is 6.05. The molecule has 0 bridgehead atoms. The van der Waals surface area contributed by atoms with Gasteiger partial charge in [-0.15, -0.1) is 10.2 Å². The fourth-order valence-corrected chi connectivity index (χ4v) is 3.46. The standard InChI is InChI=1S/C17H11ClN4S/c18-12-6-7-14-15(10-12)19-9-8-16(14)23-17-21-20-11-22(17)13-4-2-1-3-5-13/h1-11H. The largest absolute Gasteiger partial charge is 0.276 e. The highest BCUT2D eigenvalue weighted by Gasteiger charge is 2.11. The average molecular weight is 339 g/mol. The Balaban J connectivity index is 1.77. The number of rotatable bonds is 3. The van der Waals surface area contributed by atoms with E-state index in [-0.39, 0.29) is 0 Å². The molecule has 0 aliphatic carbocycles. The molecule has 0 unspecified atom stereocenters. The number of aromatic nitrogens is 4. The van der Waals surface area contributed by atoms with Crippen LogP contribution in [0.25, 0.3) is 16.6 Å². The number of benzene rings is 2. The second-order valence-corrected chi connectivity index (χ2v) is 6.34. The normalized spacial score (nSPS) is 11.0. The van der Waals surface area contributed by atoms with Crippen molar-refractivity contribution in [3.63, 3.8) is 0 Å². The van der Waals surface area contributed by atoms with E-state index in [1.54, 1.807) is 24.3 Å². The van der Waals surface area contributed by atoms with Gasteiger partial charge in [0.1, 0.15) is 6.33 Å². The molecule has 0 radical (unpaired) electrons. The molecule has 4 nitrogen and oxygen atoms in total. The van der Waals surface area contributed by atoms with Crippen LogP contribution in [0.15, 0.2) is 77.2 Å². The van der Waals surface area contributed by atoms with E-state index in [4.69, 9.17) is 11.6 Å². The molecule has 2 aromatic carbocycles. The summed E-state index contributed by atoms with van der Waals surface area (Å²) in [5.74, 6) is 0. The van der Waals surface area contributed by atoms with Gasteiger partial charge >= 0.3 is 0 Å². The third-order valence-corrected chi connectivity index (χ3v) is 4.69. The van der Waals surface area contributed by atoms with E-state index in [1.807, 2.05) is 59.2 Å². The van der Waals surface area contributed by atoms with E-state index in [0.717, 1.165) is 26.6 Å². The maximum Gasteiger partial charge on any atom is 0.200 e. The molecule has 0 amide bonds. The number of para-hydroxylation sites is 1. The number of pyridine rings is 1. The van der Waals surface area contributed by atoms with Gasteiger partial charge in [0.25, 0.3) is 0 Å². The summed E-state index contributed by atoms with van der Waals surface area (Å²) in [5, 5.41) is 10.8. The van der Waals surface area contributed by atoms with Gasteiger partial charge < -0.3 is 0 Å². The molecule has 0 atom stereocenters. The van der Waals surface area contributed by atoms with Gasteiger partial charge in [-0.3, -0.25) is 9.55 Å². The molecule has 112 valence electrons. The van der Waals surface area contributed by atoms with E-state index in [2.05, 4.69) is 15.2 Å². The van der Waals surface area contributed by atoms with E-state index in [0.29, 0.717) is 5.02 Å². The van der Waals surface area contributed by atoms with Gasteiger partial charge in [0.15, 0.2) is 5.16 Å². The predicted octanol–water partition coefficient (Wildman–Crippen LogP) is 4.62. The first-order valence-corrected chi connectivity index (χ1v) is 8.18. The van der Waals surface area contributed by atoms with Crippen LogP contribution in [0.5, 0.6) is 0 Å². The molecule has 0 N–H and O–H groups in total. The lowest BCUT2D eigenvalue weighted by Gasteiger charge is -2.08. The SMILES string of the molecule is Clc1ccc2c(Sc3nncn3-c3ccccc3)ccnc2c1. The smallest absolute Gasteiger partial charge is 0.200 e. The lowest BCUT2D eigenvalue weighted by atomic mass is 10.2. The van der Waals surface area contributed by atoms with Crippen LogP contribution in [0.4, 0.5) is 0 Å². The van der Waals surface area contributed by atoms with Gasteiger partial charge in [0.2, 0.25) is 0 Å². The average Bonchev–Trinajstić information content (AvgIpc) is 3.04. The van der Waals surface area contributed by atoms with E-state index < -0.39 is 0 Å². The summed E-state index contributed by atoms with van der Waals surface area (Å²) in [6, 6.07) is 17.7. The number of halogens is 1. The van der Waals surface area contributed by atoms with E-state index in [1.165, 1.54) is 0 Å². The minimum Gasteiger partial charge on any atom is -0.276 e. The molecule has 0 spiro atoms. The van der Waals surface area contributed by atoms with Crippen LogP contribution in [-0.4, -0.2) is 19.7 Å². The van der Waals surface area contributed by atoms with E-state index >= 15 is 0 Å². The van der Waals surface area contributed by atoms with Crippen LogP contribution in [0, 0.1) is 0 Å². The van der Waals surface area contributed by atoms with Crippen molar-refractivity contribution < 1.29 is 0 Å². The molecule has 2 aromatic heterocycles. The molecule has 6 heteroatoms. The summed E-state index contributed by atoms with van der Waals surface area (Å²) in [4.78, 5) is 5.44. The number of nitrogens with zero attached hydrogens (tertiary/aromatic N) is 4. The highest BCUT2D eigenvalue weighted by atomic mass is 35.5. The number of fused-ring (bicyclic) bond motifs is 1. The molecular formula is C17H11ClN4S. The van der Waals surface area contributed by atoms with Crippen molar-refractivity contribution in [1.29, 1.82) is 0 Å².